The number of rotatable bonds is 3. The third kappa shape index (κ3) is 1.10. The lowest BCUT2D eigenvalue weighted by Gasteiger charge is -2.18. The van der Waals surface area contributed by atoms with Gasteiger partial charge in [0.2, 0.25) is 0 Å². The maximum atomic E-state index is 10.1. The summed E-state index contributed by atoms with van der Waals surface area (Å²) in [6, 6.07) is 0. The molecule has 2 rings (SSSR count). The first-order chi connectivity index (χ1) is 5.18. The van der Waals surface area contributed by atoms with Gasteiger partial charge in [0.25, 0.3) is 0 Å². The first-order valence-corrected chi connectivity index (χ1v) is 4.91. The van der Waals surface area contributed by atoms with Crippen molar-refractivity contribution >= 4 is 0 Å². The van der Waals surface area contributed by atoms with Crippen molar-refractivity contribution in [2.24, 2.45) is 17.8 Å². The average molecular weight is 154 g/mol. The van der Waals surface area contributed by atoms with E-state index in [0.29, 0.717) is 11.8 Å². The zero-order valence-corrected chi connectivity index (χ0v) is 7.51. The van der Waals surface area contributed by atoms with E-state index < -0.39 is 0 Å². The monoisotopic (exact) mass is 154 g/mol. The zero-order chi connectivity index (χ0) is 8.06. The average Bonchev–Trinajstić information content (AvgIpc) is 2.79. The summed E-state index contributed by atoms with van der Waals surface area (Å²) in [7, 11) is 0. The van der Waals surface area contributed by atoms with E-state index in [9.17, 15) is 5.11 Å². The predicted octanol–water partition coefficient (Wildman–Crippen LogP) is 2.19. The van der Waals surface area contributed by atoms with Gasteiger partial charge >= 0.3 is 0 Å². The van der Waals surface area contributed by atoms with E-state index >= 15 is 0 Å². The summed E-state index contributed by atoms with van der Waals surface area (Å²) in [5, 5.41) is 10.1. The van der Waals surface area contributed by atoms with Crippen molar-refractivity contribution in [1.29, 1.82) is 0 Å². The molecule has 11 heavy (non-hydrogen) atoms. The molecule has 0 aliphatic heterocycles. The van der Waals surface area contributed by atoms with E-state index in [1.165, 1.54) is 12.8 Å². The minimum atomic E-state index is -0.240. The Morgan fingerprint density at radius 1 is 1.55 bits per heavy atom. The summed E-state index contributed by atoms with van der Waals surface area (Å²) in [5.41, 5.74) is -0.240. The molecule has 0 radical (unpaired) electrons. The summed E-state index contributed by atoms with van der Waals surface area (Å²) in [5.74, 6) is 2.06. The zero-order valence-electron chi connectivity index (χ0n) is 7.51. The molecule has 2 aliphatic rings. The Kier molecular flexibility index (Phi) is 1.54. The van der Waals surface area contributed by atoms with Gasteiger partial charge < -0.3 is 5.11 Å². The van der Waals surface area contributed by atoms with Gasteiger partial charge in [0.15, 0.2) is 0 Å². The number of aliphatic hydroxyl groups is 1. The van der Waals surface area contributed by atoms with Gasteiger partial charge in [-0.05, 0) is 37.0 Å². The molecule has 2 aliphatic carbocycles. The molecule has 0 aromatic carbocycles. The topological polar surface area (TPSA) is 20.2 Å². The van der Waals surface area contributed by atoms with Crippen LogP contribution in [0.25, 0.3) is 0 Å². The molecular formula is C10H18O. The van der Waals surface area contributed by atoms with Crippen LogP contribution in [0.1, 0.15) is 39.5 Å². The number of hydrogen-bond donors (Lipinski definition) is 1. The van der Waals surface area contributed by atoms with Gasteiger partial charge in [-0.15, -0.1) is 0 Å². The molecule has 0 bridgehead atoms. The molecule has 3 unspecified atom stereocenters. The Morgan fingerprint density at radius 2 is 2.18 bits per heavy atom. The predicted molar refractivity (Wildman–Crippen MR) is 45.2 cm³/mol. The Morgan fingerprint density at radius 3 is 2.55 bits per heavy atom. The van der Waals surface area contributed by atoms with E-state index in [1.54, 1.807) is 0 Å². The highest BCUT2D eigenvalue weighted by Crippen LogP contribution is 2.57. The van der Waals surface area contributed by atoms with E-state index in [1.807, 2.05) is 0 Å². The van der Waals surface area contributed by atoms with Crippen LogP contribution < -0.4 is 0 Å². The fourth-order valence-corrected chi connectivity index (χ4v) is 2.40. The van der Waals surface area contributed by atoms with Crippen molar-refractivity contribution in [2.75, 3.05) is 0 Å². The molecule has 3 atom stereocenters. The Balaban J connectivity index is 1.93. The lowest BCUT2D eigenvalue weighted by atomic mass is 9.94. The SMILES string of the molecule is CCC1CC1(O)C(C)C1CC1. The molecule has 0 saturated heterocycles. The van der Waals surface area contributed by atoms with Gasteiger partial charge in [0.05, 0.1) is 5.60 Å². The largest absolute Gasteiger partial charge is 0.389 e. The second kappa shape index (κ2) is 2.22. The third-order valence-corrected chi connectivity index (χ3v) is 3.73. The lowest BCUT2D eigenvalue weighted by molar-refractivity contribution is 0.0621. The molecule has 1 N–H and O–H groups in total. The summed E-state index contributed by atoms with van der Waals surface area (Å²) < 4.78 is 0. The first kappa shape index (κ1) is 7.60. The maximum absolute atomic E-state index is 10.1. The molecule has 1 nitrogen and oxygen atoms in total. The lowest BCUT2D eigenvalue weighted by Crippen LogP contribution is -2.23. The Hall–Kier alpha value is -0.0400. The molecular weight excluding hydrogens is 136 g/mol. The van der Waals surface area contributed by atoms with Crippen LogP contribution >= 0.6 is 0 Å². The highest BCUT2D eigenvalue weighted by Gasteiger charge is 2.58. The third-order valence-electron chi connectivity index (χ3n) is 3.73. The summed E-state index contributed by atoms with van der Waals surface area (Å²) in [4.78, 5) is 0. The van der Waals surface area contributed by atoms with Crippen molar-refractivity contribution in [2.45, 2.75) is 45.1 Å². The van der Waals surface area contributed by atoms with Crippen LogP contribution in [-0.2, 0) is 0 Å². The van der Waals surface area contributed by atoms with Gasteiger partial charge in [-0.1, -0.05) is 20.3 Å². The second-order valence-electron chi connectivity index (χ2n) is 4.43. The summed E-state index contributed by atoms with van der Waals surface area (Å²) in [6.45, 7) is 4.41. The van der Waals surface area contributed by atoms with Crippen LogP contribution in [0.4, 0.5) is 0 Å². The van der Waals surface area contributed by atoms with E-state index in [2.05, 4.69) is 13.8 Å². The smallest absolute Gasteiger partial charge is 0.0708 e. The van der Waals surface area contributed by atoms with Crippen LogP contribution in [0.2, 0.25) is 0 Å². The molecule has 0 amide bonds. The Bertz CT molecular complexity index is 162. The highest BCUT2D eigenvalue weighted by molar-refractivity contribution is 5.08. The quantitative estimate of drug-likeness (QED) is 0.660. The van der Waals surface area contributed by atoms with Crippen molar-refractivity contribution < 1.29 is 5.11 Å². The van der Waals surface area contributed by atoms with Crippen LogP contribution in [0, 0.1) is 17.8 Å². The second-order valence-corrected chi connectivity index (χ2v) is 4.43. The Labute approximate surface area is 68.8 Å². The van der Waals surface area contributed by atoms with Crippen molar-refractivity contribution in [1.82, 2.24) is 0 Å². The molecule has 64 valence electrons. The molecule has 0 aromatic rings. The fraction of sp³-hybridized carbons (Fsp3) is 1.00. The van der Waals surface area contributed by atoms with Gasteiger partial charge in [-0.25, -0.2) is 0 Å². The standard InChI is InChI=1S/C10H18O/c1-3-9-6-10(9,11)7(2)8-4-5-8/h7-9,11H,3-6H2,1-2H3. The van der Waals surface area contributed by atoms with Crippen molar-refractivity contribution in [3.05, 3.63) is 0 Å². The fourth-order valence-electron chi connectivity index (χ4n) is 2.40. The molecule has 0 aromatic heterocycles. The maximum Gasteiger partial charge on any atom is 0.0708 e. The van der Waals surface area contributed by atoms with Crippen LogP contribution in [0.5, 0.6) is 0 Å². The van der Waals surface area contributed by atoms with Gasteiger partial charge in [0, 0.05) is 0 Å². The van der Waals surface area contributed by atoms with Gasteiger partial charge in [-0.2, -0.15) is 0 Å². The van der Waals surface area contributed by atoms with Gasteiger partial charge in [0.1, 0.15) is 0 Å². The van der Waals surface area contributed by atoms with E-state index in [-0.39, 0.29) is 5.60 Å². The van der Waals surface area contributed by atoms with E-state index in [0.717, 1.165) is 18.8 Å². The normalized spacial score (nSPS) is 45.5. The summed E-state index contributed by atoms with van der Waals surface area (Å²) >= 11 is 0. The van der Waals surface area contributed by atoms with Crippen molar-refractivity contribution in [3.8, 4) is 0 Å². The van der Waals surface area contributed by atoms with Crippen molar-refractivity contribution in [3.63, 3.8) is 0 Å². The minimum Gasteiger partial charge on any atom is -0.389 e. The first-order valence-electron chi connectivity index (χ1n) is 4.91. The van der Waals surface area contributed by atoms with Crippen LogP contribution in [-0.4, -0.2) is 10.7 Å². The molecule has 0 heterocycles. The minimum absolute atomic E-state index is 0.240. The van der Waals surface area contributed by atoms with Gasteiger partial charge in [-0.3, -0.25) is 0 Å². The van der Waals surface area contributed by atoms with Crippen LogP contribution in [0.15, 0.2) is 0 Å². The highest BCUT2D eigenvalue weighted by atomic mass is 16.3. The number of hydrogen-bond acceptors (Lipinski definition) is 1. The molecule has 2 fully saturated rings. The molecule has 0 spiro atoms. The molecule has 2 saturated carbocycles. The van der Waals surface area contributed by atoms with E-state index in [4.69, 9.17) is 0 Å². The summed E-state index contributed by atoms with van der Waals surface area (Å²) in [6.07, 6.45) is 4.95. The van der Waals surface area contributed by atoms with Crippen LogP contribution in [0.3, 0.4) is 0 Å². The molecule has 1 heteroatoms.